The summed E-state index contributed by atoms with van der Waals surface area (Å²) in [7, 11) is 3.24. The molecule has 9 heavy (non-hydrogen) atoms. The van der Waals surface area contributed by atoms with Crippen molar-refractivity contribution < 1.29 is 9.59 Å². The van der Waals surface area contributed by atoms with Crippen LogP contribution < -0.4 is 0 Å². The maximum Gasteiger partial charge on any atom is 0.246 e. The second-order valence-corrected chi connectivity index (χ2v) is 1.73. The van der Waals surface area contributed by atoms with Gasteiger partial charge in [0.15, 0.2) is 0 Å². The normalized spacial score (nSPS) is 9.56. The predicted molar refractivity (Wildman–Crippen MR) is 33.9 cm³/mol. The lowest BCUT2D eigenvalue weighted by molar-refractivity contribution is -0.123. The molecule has 0 aromatic rings. The Balaban J connectivity index is 3.76. The Morgan fingerprint density at radius 3 is 2.33 bits per heavy atom. The Morgan fingerprint density at radius 1 is 1.44 bits per heavy atom. The molecule has 3 nitrogen and oxygen atoms in total. The summed E-state index contributed by atoms with van der Waals surface area (Å²) in [6.07, 6.45) is 2.96. The SMILES string of the molecule is CN(C)C(=O)/C=C/C=O. The van der Waals surface area contributed by atoms with Crippen molar-refractivity contribution in [2.45, 2.75) is 0 Å². The Labute approximate surface area is 54.0 Å². The minimum absolute atomic E-state index is 0.179. The molecule has 0 aliphatic heterocycles. The molecule has 0 atom stereocenters. The maximum atomic E-state index is 10.6. The van der Waals surface area contributed by atoms with Gasteiger partial charge in [0.1, 0.15) is 6.29 Å². The number of carbonyl (C=O) groups excluding carboxylic acids is 2. The number of hydrogen-bond acceptors (Lipinski definition) is 2. The topological polar surface area (TPSA) is 37.4 Å². The van der Waals surface area contributed by atoms with Gasteiger partial charge in [-0.05, 0) is 6.08 Å². The molecule has 0 rings (SSSR count). The molecule has 0 heterocycles. The lowest BCUT2D eigenvalue weighted by atomic mass is 10.5. The summed E-state index contributed by atoms with van der Waals surface area (Å²) in [6, 6.07) is 0. The van der Waals surface area contributed by atoms with E-state index in [-0.39, 0.29) is 5.91 Å². The molecule has 3 heteroatoms. The van der Waals surface area contributed by atoms with Crippen molar-refractivity contribution in [3.8, 4) is 0 Å². The van der Waals surface area contributed by atoms with E-state index in [1.54, 1.807) is 14.1 Å². The Morgan fingerprint density at radius 2 is 2.00 bits per heavy atom. The third kappa shape index (κ3) is 3.46. The summed E-state index contributed by atoms with van der Waals surface area (Å²) in [5.74, 6) is -0.179. The van der Waals surface area contributed by atoms with Crippen molar-refractivity contribution in [3.05, 3.63) is 12.2 Å². The van der Waals surface area contributed by atoms with Crippen LogP contribution in [0.4, 0.5) is 0 Å². The number of aldehydes is 1. The average Bonchev–Trinajstić information content (AvgIpc) is 1.82. The molecule has 0 bridgehead atoms. The van der Waals surface area contributed by atoms with Crippen LogP contribution in [0.1, 0.15) is 0 Å². The quantitative estimate of drug-likeness (QED) is 0.381. The number of amides is 1. The molecule has 50 valence electrons. The second-order valence-electron chi connectivity index (χ2n) is 1.73. The molecule has 0 aliphatic carbocycles. The van der Waals surface area contributed by atoms with E-state index in [1.165, 1.54) is 17.1 Å². The summed E-state index contributed by atoms with van der Waals surface area (Å²) < 4.78 is 0. The molecule has 0 saturated heterocycles. The van der Waals surface area contributed by atoms with E-state index in [9.17, 15) is 9.59 Å². The highest BCUT2D eigenvalue weighted by Gasteiger charge is 1.93. The van der Waals surface area contributed by atoms with Gasteiger partial charge in [-0.25, -0.2) is 0 Å². The van der Waals surface area contributed by atoms with Crippen molar-refractivity contribution >= 4 is 12.2 Å². The fourth-order valence-corrected chi connectivity index (χ4v) is 0.271. The van der Waals surface area contributed by atoms with Gasteiger partial charge in [-0.1, -0.05) is 0 Å². The van der Waals surface area contributed by atoms with Crippen LogP contribution in [0.15, 0.2) is 12.2 Å². The molecule has 1 amide bonds. The number of rotatable bonds is 2. The molecule has 0 unspecified atom stereocenters. The molecule has 0 aromatic carbocycles. The molecule has 0 saturated carbocycles. The summed E-state index contributed by atoms with van der Waals surface area (Å²) in [6.45, 7) is 0. The van der Waals surface area contributed by atoms with Gasteiger partial charge in [0.05, 0.1) is 0 Å². The first kappa shape index (κ1) is 7.88. The van der Waals surface area contributed by atoms with E-state index < -0.39 is 0 Å². The average molecular weight is 127 g/mol. The lowest BCUT2D eigenvalue weighted by Gasteiger charge is -2.03. The number of allylic oxidation sites excluding steroid dienone is 1. The van der Waals surface area contributed by atoms with Gasteiger partial charge < -0.3 is 4.90 Å². The zero-order valence-electron chi connectivity index (χ0n) is 5.50. The second kappa shape index (κ2) is 3.83. The summed E-state index contributed by atoms with van der Waals surface area (Å²) in [4.78, 5) is 21.6. The molecule has 0 fully saturated rings. The van der Waals surface area contributed by atoms with Crippen molar-refractivity contribution in [1.82, 2.24) is 4.90 Å². The van der Waals surface area contributed by atoms with Crippen LogP contribution in [-0.2, 0) is 9.59 Å². The van der Waals surface area contributed by atoms with Crippen LogP contribution in [0.2, 0.25) is 0 Å². The van der Waals surface area contributed by atoms with Gasteiger partial charge in [-0.3, -0.25) is 9.59 Å². The molecular weight excluding hydrogens is 118 g/mol. The zero-order valence-corrected chi connectivity index (χ0v) is 5.50. The first-order chi connectivity index (χ1) is 4.18. The molecule has 0 aromatic heterocycles. The third-order valence-corrected chi connectivity index (χ3v) is 0.758. The number of nitrogens with zero attached hydrogens (tertiary/aromatic N) is 1. The molecule has 0 spiro atoms. The van der Waals surface area contributed by atoms with E-state index in [4.69, 9.17) is 0 Å². The highest BCUT2D eigenvalue weighted by molar-refractivity contribution is 5.90. The summed E-state index contributed by atoms with van der Waals surface area (Å²) >= 11 is 0. The molecule has 0 N–H and O–H groups in total. The van der Waals surface area contributed by atoms with Crippen molar-refractivity contribution in [2.75, 3.05) is 14.1 Å². The largest absolute Gasteiger partial charge is 0.345 e. The minimum Gasteiger partial charge on any atom is -0.345 e. The van der Waals surface area contributed by atoms with Crippen LogP contribution in [0.5, 0.6) is 0 Å². The van der Waals surface area contributed by atoms with Crippen molar-refractivity contribution in [1.29, 1.82) is 0 Å². The van der Waals surface area contributed by atoms with Crippen LogP contribution in [0.3, 0.4) is 0 Å². The standard InChI is InChI=1S/C6H9NO2/c1-7(2)6(9)4-3-5-8/h3-5H,1-2H3/b4-3+. The number of likely N-dealkylation sites (N-methyl/N-ethyl adjacent to an activating group) is 1. The van der Waals surface area contributed by atoms with Gasteiger partial charge in [0, 0.05) is 20.2 Å². The van der Waals surface area contributed by atoms with Crippen LogP contribution in [-0.4, -0.2) is 31.2 Å². The van der Waals surface area contributed by atoms with Crippen molar-refractivity contribution in [2.24, 2.45) is 0 Å². The van der Waals surface area contributed by atoms with Gasteiger partial charge in [-0.2, -0.15) is 0 Å². The van der Waals surface area contributed by atoms with Gasteiger partial charge >= 0.3 is 0 Å². The highest BCUT2D eigenvalue weighted by Crippen LogP contribution is 1.78. The van der Waals surface area contributed by atoms with E-state index in [2.05, 4.69) is 0 Å². The fourth-order valence-electron chi connectivity index (χ4n) is 0.271. The van der Waals surface area contributed by atoms with Crippen LogP contribution in [0, 0.1) is 0 Å². The Kier molecular flexibility index (Phi) is 3.35. The van der Waals surface area contributed by atoms with Gasteiger partial charge in [-0.15, -0.1) is 0 Å². The molecule has 0 aliphatic rings. The smallest absolute Gasteiger partial charge is 0.246 e. The number of hydrogen-bond donors (Lipinski definition) is 0. The fraction of sp³-hybridized carbons (Fsp3) is 0.333. The number of carbonyl (C=O) groups is 2. The highest BCUT2D eigenvalue weighted by atomic mass is 16.2. The minimum atomic E-state index is -0.179. The first-order valence-electron chi connectivity index (χ1n) is 2.51. The lowest BCUT2D eigenvalue weighted by Crippen LogP contribution is -2.18. The van der Waals surface area contributed by atoms with E-state index in [0.717, 1.165) is 0 Å². The Hall–Kier alpha value is -1.12. The monoisotopic (exact) mass is 127 g/mol. The first-order valence-corrected chi connectivity index (χ1v) is 2.51. The third-order valence-electron chi connectivity index (χ3n) is 0.758. The van der Waals surface area contributed by atoms with Crippen LogP contribution in [0.25, 0.3) is 0 Å². The summed E-state index contributed by atoms with van der Waals surface area (Å²) in [5.41, 5.74) is 0. The molecule has 0 radical (unpaired) electrons. The van der Waals surface area contributed by atoms with E-state index in [0.29, 0.717) is 6.29 Å². The molecular formula is C6H9NO2. The van der Waals surface area contributed by atoms with E-state index >= 15 is 0 Å². The van der Waals surface area contributed by atoms with E-state index in [1.807, 2.05) is 0 Å². The summed E-state index contributed by atoms with van der Waals surface area (Å²) in [5, 5.41) is 0. The predicted octanol–water partition coefficient (Wildman–Crippen LogP) is -0.170. The van der Waals surface area contributed by atoms with Gasteiger partial charge in [0.2, 0.25) is 5.91 Å². The maximum absolute atomic E-state index is 10.6. The van der Waals surface area contributed by atoms with Crippen LogP contribution >= 0.6 is 0 Å². The van der Waals surface area contributed by atoms with Crippen molar-refractivity contribution in [3.63, 3.8) is 0 Å². The van der Waals surface area contributed by atoms with Gasteiger partial charge in [0.25, 0.3) is 0 Å². The zero-order chi connectivity index (χ0) is 7.28. The Bertz CT molecular complexity index is 138.